The largest absolute Gasteiger partial charge is 0.478 e. The van der Waals surface area contributed by atoms with Crippen molar-refractivity contribution in [3.8, 4) is 0 Å². The Kier molecular flexibility index (Phi) is 4.04. The Morgan fingerprint density at radius 3 is 2.60 bits per heavy atom. The minimum absolute atomic E-state index is 0.136. The molecule has 0 saturated carbocycles. The molecule has 2 N–H and O–H groups in total. The van der Waals surface area contributed by atoms with Gasteiger partial charge in [0.05, 0.1) is 5.56 Å². The second-order valence-electron chi connectivity index (χ2n) is 5.80. The van der Waals surface area contributed by atoms with Gasteiger partial charge >= 0.3 is 12.0 Å². The molecule has 2 rings (SSSR count). The predicted molar refractivity (Wildman–Crippen MR) is 80.1 cm³/mol. The normalized spacial score (nSPS) is 17.1. The van der Waals surface area contributed by atoms with E-state index in [0.29, 0.717) is 16.7 Å². The minimum atomic E-state index is -1.02. The molecule has 0 bridgehead atoms. The highest BCUT2D eigenvalue weighted by Gasteiger charge is 2.32. The molecule has 0 aromatic heterocycles. The van der Waals surface area contributed by atoms with Crippen molar-refractivity contribution in [2.75, 3.05) is 18.4 Å². The van der Waals surface area contributed by atoms with E-state index in [9.17, 15) is 9.59 Å². The molecule has 0 spiro atoms. The van der Waals surface area contributed by atoms with Gasteiger partial charge in [0, 0.05) is 23.2 Å². The summed E-state index contributed by atoms with van der Waals surface area (Å²) >= 11 is 3.24. The van der Waals surface area contributed by atoms with E-state index in [-0.39, 0.29) is 17.0 Å². The topological polar surface area (TPSA) is 69.6 Å². The number of anilines is 1. The number of carbonyl (C=O) groups is 2. The lowest BCUT2D eigenvalue weighted by atomic mass is 9.93. The quantitative estimate of drug-likeness (QED) is 0.866. The number of benzene rings is 1. The zero-order chi connectivity index (χ0) is 14.9. The van der Waals surface area contributed by atoms with E-state index in [4.69, 9.17) is 5.11 Å². The number of carboxylic acids is 1. The van der Waals surface area contributed by atoms with Gasteiger partial charge in [-0.3, -0.25) is 0 Å². The molecule has 0 atom stereocenters. The van der Waals surface area contributed by atoms with Crippen LogP contribution in [0.3, 0.4) is 0 Å². The lowest BCUT2D eigenvalue weighted by Crippen LogP contribution is -2.34. The molecule has 1 aliphatic rings. The first-order chi connectivity index (χ1) is 9.27. The van der Waals surface area contributed by atoms with Crippen LogP contribution >= 0.6 is 15.9 Å². The number of rotatable bonds is 2. The third-order valence-electron chi connectivity index (χ3n) is 3.36. The first kappa shape index (κ1) is 14.8. The van der Waals surface area contributed by atoms with Gasteiger partial charge in [0.25, 0.3) is 0 Å². The second kappa shape index (κ2) is 5.44. The molecule has 1 aromatic rings. The Morgan fingerprint density at radius 1 is 1.35 bits per heavy atom. The van der Waals surface area contributed by atoms with E-state index >= 15 is 0 Å². The van der Waals surface area contributed by atoms with Crippen LogP contribution in [-0.4, -0.2) is 35.1 Å². The maximum absolute atomic E-state index is 12.1. The number of nitrogens with zero attached hydrogens (tertiary/aromatic N) is 1. The van der Waals surface area contributed by atoms with Crippen LogP contribution in [-0.2, 0) is 0 Å². The van der Waals surface area contributed by atoms with Gasteiger partial charge in [-0.15, -0.1) is 0 Å². The van der Waals surface area contributed by atoms with Crippen molar-refractivity contribution in [1.29, 1.82) is 0 Å². The summed E-state index contributed by atoms with van der Waals surface area (Å²) < 4.78 is 0.620. The van der Waals surface area contributed by atoms with E-state index in [1.54, 1.807) is 11.0 Å². The third kappa shape index (κ3) is 3.50. The van der Waals surface area contributed by atoms with Crippen LogP contribution in [0.5, 0.6) is 0 Å². The van der Waals surface area contributed by atoms with Crippen molar-refractivity contribution < 1.29 is 14.7 Å². The number of hydrogen-bond acceptors (Lipinski definition) is 2. The maximum atomic E-state index is 12.1. The highest BCUT2D eigenvalue weighted by molar-refractivity contribution is 9.10. The molecular weight excluding hydrogens is 324 g/mol. The fraction of sp³-hybridized carbons (Fsp3) is 0.429. The first-order valence-electron chi connectivity index (χ1n) is 6.37. The van der Waals surface area contributed by atoms with Crippen LogP contribution in [0.25, 0.3) is 0 Å². The molecule has 1 aromatic carbocycles. The lowest BCUT2D eigenvalue weighted by molar-refractivity contribution is 0.0697. The van der Waals surface area contributed by atoms with Crippen LogP contribution in [0, 0.1) is 5.41 Å². The van der Waals surface area contributed by atoms with Crippen molar-refractivity contribution >= 4 is 33.6 Å². The molecule has 5 nitrogen and oxygen atoms in total. The molecule has 108 valence electrons. The Balaban J connectivity index is 2.10. The number of urea groups is 1. The standard InChI is InChI=1S/C14H17BrN2O3/c1-14(2)3-4-17(8-14)13(20)16-11-6-9(12(18)19)5-10(15)7-11/h5-7H,3-4,8H2,1-2H3,(H,16,20)(H,18,19). The Hall–Kier alpha value is -1.56. The van der Waals surface area contributed by atoms with Gasteiger partial charge in [-0.2, -0.15) is 0 Å². The van der Waals surface area contributed by atoms with Gasteiger partial charge in [-0.05, 0) is 30.0 Å². The average molecular weight is 341 g/mol. The smallest absolute Gasteiger partial charge is 0.335 e. The number of likely N-dealkylation sites (tertiary alicyclic amines) is 1. The van der Waals surface area contributed by atoms with Gasteiger partial charge < -0.3 is 15.3 Å². The summed E-state index contributed by atoms with van der Waals surface area (Å²) in [4.78, 5) is 24.9. The van der Waals surface area contributed by atoms with Gasteiger partial charge in [-0.25, -0.2) is 9.59 Å². The number of aromatic carboxylic acids is 1. The zero-order valence-corrected chi connectivity index (χ0v) is 13.0. The summed E-state index contributed by atoms with van der Waals surface area (Å²) in [7, 11) is 0. The fourth-order valence-electron chi connectivity index (χ4n) is 2.27. The maximum Gasteiger partial charge on any atom is 0.335 e. The van der Waals surface area contributed by atoms with E-state index in [2.05, 4.69) is 35.1 Å². The molecule has 6 heteroatoms. The van der Waals surface area contributed by atoms with Crippen molar-refractivity contribution in [2.24, 2.45) is 5.41 Å². The summed E-state index contributed by atoms with van der Waals surface area (Å²) in [6.07, 6.45) is 0.972. The first-order valence-corrected chi connectivity index (χ1v) is 7.16. The van der Waals surface area contributed by atoms with Crippen LogP contribution < -0.4 is 5.32 Å². The summed E-state index contributed by atoms with van der Waals surface area (Å²) in [6.45, 7) is 5.68. The molecule has 1 fully saturated rings. The van der Waals surface area contributed by atoms with E-state index in [0.717, 1.165) is 13.0 Å². The molecular formula is C14H17BrN2O3. The Labute approximate surface area is 126 Å². The molecule has 1 saturated heterocycles. The summed E-state index contributed by atoms with van der Waals surface area (Å²) in [6, 6.07) is 4.44. The number of amides is 2. The summed E-state index contributed by atoms with van der Waals surface area (Å²) in [5.74, 6) is -1.02. The van der Waals surface area contributed by atoms with Crippen LogP contribution in [0.2, 0.25) is 0 Å². The second-order valence-corrected chi connectivity index (χ2v) is 6.72. The summed E-state index contributed by atoms with van der Waals surface area (Å²) in [5, 5.41) is 11.8. The highest BCUT2D eigenvalue weighted by atomic mass is 79.9. The minimum Gasteiger partial charge on any atom is -0.478 e. The highest BCUT2D eigenvalue weighted by Crippen LogP contribution is 2.29. The monoisotopic (exact) mass is 340 g/mol. The van der Waals surface area contributed by atoms with Crippen molar-refractivity contribution in [2.45, 2.75) is 20.3 Å². The number of carbonyl (C=O) groups excluding carboxylic acids is 1. The van der Waals surface area contributed by atoms with Crippen molar-refractivity contribution in [3.05, 3.63) is 28.2 Å². The van der Waals surface area contributed by atoms with Crippen LogP contribution in [0.15, 0.2) is 22.7 Å². The molecule has 2 amide bonds. The fourth-order valence-corrected chi connectivity index (χ4v) is 2.77. The van der Waals surface area contributed by atoms with Crippen LogP contribution in [0.1, 0.15) is 30.6 Å². The lowest BCUT2D eigenvalue weighted by Gasteiger charge is -2.20. The molecule has 0 radical (unpaired) electrons. The van der Waals surface area contributed by atoms with Gasteiger partial charge in [0.2, 0.25) is 0 Å². The van der Waals surface area contributed by atoms with Crippen LogP contribution in [0.4, 0.5) is 10.5 Å². The van der Waals surface area contributed by atoms with Crippen molar-refractivity contribution in [1.82, 2.24) is 4.90 Å². The summed E-state index contributed by atoms with van der Waals surface area (Å²) in [5.41, 5.74) is 0.754. The molecule has 0 aliphatic carbocycles. The molecule has 0 unspecified atom stereocenters. The average Bonchev–Trinajstić information content (AvgIpc) is 2.69. The predicted octanol–water partition coefficient (Wildman–Crippen LogP) is 3.41. The van der Waals surface area contributed by atoms with Gasteiger partial charge in [0.15, 0.2) is 0 Å². The van der Waals surface area contributed by atoms with Crippen molar-refractivity contribution in [3.63, 3.8) is 0 Å². The Bertz CT molecular complexity index is 557. The molecule has 1 heterocycles. The number of halogens is 1. The van der Waals surface area contributed by atoms with Gasteiger partial charge in [0.1, 0.15) is 0 Å². The molecule has 1 aliphatic heterocycles. The number of carboxylic acid groups (broad SMARTS) is 1. The van der Waals surface area contributed by atoms with E-state index in [1.807, 2.05) is 0 Å². The van der Waals surface area contributed by atoms with E-state index < -0.39 is 5.97 Å². The number of hydrogen-bond donors (Lipinski definition) is 2. The molecule has 20 heavy (non-hydrogen) atoms. The number of nitrogens with one attached hydrogen (secondary N) is 1. The third-order valence-corrected chi connectivity index (χ3v) is 3.82. The van der Waals surface area contributed by atoms with Gasteiger partial charge in [-0.1, -0.05) is 29.8 Å². The SMILES string of the molecule is CC1(C)CCN(C(=O)Nc2cc(Br)cc(C(=O)O)c2)C1. The zero-order valence-electron chi connectivity index (χ0n) is 11.4. The van der Waals surface area contributed by atoms with E-state index in [1.165, 1.54) is 12.1 Å². The Morgan fingerprint density at radius 2 is 2.05 bits per heavy atom.